The highest BCUT2D eigenvalue weighted by Crippen LogP contribution is 2.33. The van der Waals surface area contributed by atoms with Crippen LogP contribution in [0.3, 0.4) is 0 Å². The highest BCUT2D eigenvalue weighted by molar-refractivity contribution is 7.15. The summed E-state index contributed by atoms with van der Waals surface area (Å²) >= 11 is 1.46. The fourth-order valence-corrected chi connectivity index (χ4v) is 4.68. The van der Waals surface area contributed by atoms with Crippen LogP contribution in [0.2, 0.25) is 0 Å². The van der Waals surface area contributed by atoms with Crippen molar-refractivity contribution in [3.63, 3.8) is 0 Å². The Kier molecular flexibility index (Phi) is 5.88. The molecule has 0 amide bonds. The first-order chi connectivity index (χ1) is 14.7. The van der Waals surface area contributed by atoms with Gasteiger partial charge in [-0.3, -0.25) is 0 Å². The van der Waals surface area contributed by atoms with Crippen LogP contribution >= 0.6 is 11.3 Å². The Morgan fingerprint density at radius 3 is 2.48 bits per heavy atom. The smallest absolute Gasteiger partial charge is 0.368 e. The van der Waals surface area contributed by atoms with Crippen LogP contribution < -0.4 is 0 Å². The normalized spacial score (nSPS) is 12.2. The maximum atomic E-state index is 12.8. The number of nitrogens with zero attached hydrogens (tertiary/aromatic N) is 2. The zero-order valence-electron chi connectivity index (χ0n) is 16.7. The molecular formula is C23H21F3N2O2S. The molecule has 0 unspecified atom stereocenters. The van der Waals surface area contributed by atoms with Gasteiger partial charge in [0.25, 0.3) is 0 Å². The Morgan fingerprint density at radius 2 is 1.81 bits per heavy atom. The van der Waals surface area contributed by atoms with E-state index in [1.807, 2.05) is 37.4 Å². The summed E-state index contributed by atoms with van der Waals surface area (Å²) in [5.41, 5.74) is 2.88. The molecule has 0 saturated carbocycles. The van der Waals surface area contributed by atoms with Crippen LogP contribution in [0.15, 0.2) is 54.7 Å². The molecule has 2 aromatic heterocycles. The zero-order valence-corrected chi connectivity index (χ0v) is 17.5. The minimum absolute atomic E-state index is 0.252. The molecule has 0 radical (unpaired) electrons. The number of aliphatic hydroxyl groups is 2. The second-order valence-electron chi connectivity index (χ2n) is 7.42. The Bertz CT molecular complexity index is 1190. The lowest BCUT2D eigenvalue weighted by Crippen LogP contribution is -2.07. The van der Waals surface area contributed by atoms with E-state index < -0.39 is 18.0 Å². The highest BCUT2D eigenvalue weighted by atomic mass is 32.1. The molecular weight excluding hydrogens is 425 g/mol. The molecule has 4 rings (SSSR count). The standard InChI is InChI=1S/C23H21F3N2O2S/c1-14-19(31-22(27-14)17-5-8-18(9-6-17)23(24,25)26)13-28-12-11-16-4-2-3-15(21(16)28)7-10-20(29)30/h2-6,8-9,11-12,20,29-30H,7,10,13H2,1H3. The number of alkyl halides is 3. The summed E-state index contributed by atoms with van der Waals surface area (Å²) in [5, 5.41) is 20.2. The number of hydrogen-bond acceptors (Lipinski definition) is 4. The molecule has 0 fully saturated rings. The van der Waals surface area contributed by atoms with Gasteiger partial charge in [0.15, 0.2) is 6.29 Å². The van der Waals surface area contributed by atoms with E-state index in [4.69, 9.17) is 0 Å². The molecule has 0 aliphatic rings. The van der Waals surface area contributed by atoms with Gasteiger partial charge < -0.3 is 14.8 Å². The van der Waals surface area contributed by atoms with E-state index >= 15 is 0 Å². The van der Waals surface area contributed by atoms with E-state index in [-0.39, 0.29) is 6.42 Å². The fourth-order valence-electron chi connectivity index (χ4n) is 3.61. The Morgan fingerprint density at radius 1 is 1.06 bits per heavy atom. The number of aliphatic hydroxyl groups excluding tert-OH is 1. The second kappa shape index (κ2) is 8.45. The van der Waals surface area contributed by atoms with E-state index in [2.05, 4.69) is 9.55 Å². The molecule has 0 aliphatic heterocycles. The first kappa shape index (κ1) is 21.5. The Balaban J connectivity index is 1.62. The summed E-state index contributed by atoms with van der Waals surface area (Å²) in [6.45, 7) is 2.47. The van der Waals surface area contributed by atoms with Gasteiger partial charge in [-0.2, -0.15) is 13.2 Å². The third-order valence-electron chi connectivity index (χ3n) is 5.21. The predicted molar refractivity (Wildman–Crippen MR) is 115 cm³/mol. The van der Waals surface area contributed by atoms with Crippen LogP contribution in [-0.4, -0.2) is 26.1 Å². The Hall–Kier alpha value is -2.68. The molecule has 0 atom stereocenters. The van der Waals surface area contributed by atoms with Gasteiger partial charge in [0.2, 0.25) is 0 Å². The highest BCUT2D eigenvalue weighted by Gasteiger charge is 2.30. The van der Waals surface area contributed by atoms with E-state index in [1.165, 1.54) is 23.5 Å². The fraction of sp³-hybridized carbons (Fsp3) is 0.261. The van der Waals surface area contributed by atoms with Crippen LogP contribution in [0.4, 0.5) is 13.2 Å². The number of halogens is 3. The number of hydrogen-bond donors (Lipinski definition) is 2. The summed E-state index contributed by atoms with van der Waals surface area (Å²) in [4.78, 5) is 5.59. The second-order valence-corrected chi connectivity index (χ2v) is 8.50. The first-order valence-electron chi connectivity index (χ1n) is 9.79. The monoisotopic (exact) mass is 446 g/mol. The van der Waals surface area contributed by atoms with Gasteiger partial charge in [-0.1, -0.05) is 30.3 Å². The van der Waals surface area contributed by atoms with Crippen LogP contribution in [0.5, 0.6) is 0 Å². The largest absolute Gasteiger partial charge is 0.416 e. The maximum Gasteiger partial charge on any atom is 0.416 e. The molecule has 162 valence electrons. The molecule has 2 heterocycles. The zero-order chi connectivity index (χ0) is 22.2. The van der Waals surface area contributed by atoms with Gasteiger partial charge in [0.05, 0.1) is 23.3 Å². The maximum absolute atomic E-state index is 12.8. The molecule has 8 heteroatoms. The molecule has 0 saturated heterocycles. The van der Waals surface area contributed by atoms with Crippen molar-refractivity contribution in [1.29, 1.82) is 0 Å². The van der Waals surface area contributed by atoms with Crippen LogP contribution in [0, 0.1) is 6.92 Å². The van der Waals surface area contributed by atoms with Gasteiger partial charge in [0.1, 0.15) is 5.01 Å². The summed E-state index contributed by atoms with van der Waals surface area (Å²) in [7, 11) is 0. The Labute approximate surface area is 181 Å². The van der Waals surface area contributed by atoms with Crippen LogP contribution in [-0.2, 0) is 19.1 Å². The number of aryl methyl sites for hydroxylation is 2. The van der Waals surface area contributed by atoms with Gasteiger partial charge >= 0.3 is 6.18 Å². The van der Waals surface area contributed by atoms with Crippen molar-refractivity contribution in [2.75, 3.05) is 0 Å². The minimum atomic E-state index is -4.36. The number of aromatic nitrogens is 2. The third kappa shape index (κ3) is 4.66. The number of fused-ring (bicyclic) bond motifs is 1. The summed E-state index contributed by atoms with van der Waals surface area (Å²) in [6, 6.07) is 13.0. The lowest BCUT2D eigenvalue weighted by molar-refractivity contribution is -0.137. The molecule has 2 aromatic carbocycles. The summed E-state index contributed by atoms with van der Waals surface area (Å²) in [6.07, 6.45) is -2.93. The van der Waals surface area contributed by atoms with Crippen molar-refractivity contribution >= 4 is 22.2 Å². The first-order valence-corrected chi connectivity index (χ1v) is 10.6. The average molecular weight is 446 g/mol. The van der Waals surface area contributed by atoms with Gasteiger partial charge in [0, 0.05) is 23.1 Å². The molecule has 4 nitrogen and oxygen atoms in total. The molecule has 0 spiro atoms. The molecule has 0 bridgehead atoms. The van der Waals surface area contributed by atoms with Crippen molar-refractivity contribution in [1.82, 2.24) is 9.55 Å². The average Bonchev–Trinajstić information content (AvgIpc) is 3.30. The SMILES string of the molecule is Cc1nc(-c2ccc(C(F)(F)F)cc2)sc1Cn1ccc2cccc(CCC(O)O)c21. The number of rotatable bonds is 6. The lowest BCUT2D eigenvalue weighted by atomic mass is 10.1. The number of thiazole rings is 1. The number of para-hydroxylation sites is 1. The number of benzene rings is 2. The van der Waals surface area contributed by atoms with Crippen LogP contribution in [0.25, 0.3) is 21.5 Å². The van der Waals surface area contributed by atoms with Crippen molar-refractivity contribution in [2.45, 2.75) is 38.8 Å². The van der Waals surface area contributed by atoms with E-state index in [9.17, 15) is 23.4 Å². The van der Waals surface area contributed by atoms with Gasteiger partial charge in [-0.05, 0) is 42.5 Å². The van der Waals surface area contributed by atoms with E-state index in [1.54, 1.807) is 0 Å². The topological polar surface area (TPSA) is 58.3 Å². The van der Waals surface area contributed by atoms with Gasteiger partial charge in [-0.25, -0.2) is 4.98 Å². The van der Waals surface area contributed by atoms with Crippen molar-refractivity contribution in [3.05, 3.63) is 76.4 Å². The lowest BCUT2D eigenvalue weighted by Gasteiger charge is -2.10. The van der Waals surface area contributed by atoms with Crippen LogP contribution in [0.1, 0.15) is 28.1 Å². The van der Waals surface area contributed by atoms with Crippen molar-refractivity contribution < 1.29 is 23.4 Å². The van der Waals surface area contributed by atoms with Crippen molar-refractivity contribution in [2.24, 2.45) is 0 Å². The third-order valence-corrected chi connectivity index (χ3v) is 6.40. The minimum Gasteiger partial charge on any atom is -0.368 e. The summed E-state index contributed by atoms with van der Waals surface area (Å²) in [5.74, 6) is 0. The van der Waals surface area contributed by atoms with Gasteiger partial charge in [-0.15, -0.1) is 11.3 Å². The summed E-state index contributed by atoms with van der Waals surface area (Å²) < 4.78 is 40.6. The predicted octanol–water partition coefficient (Wildman–Crippen LogP) is 5.38. The molecule has 0 aliphatic carbocycles. The van der Waals surface area contributed by atoms with Crippen molar-refractivity contribution in [3.8, 4) is 10.6 Å². The molecule has 4 aromatic rings. The molecule has 31 heavy (non-hydrogen) atoms. The van der Waals surface area contributed by atoms with E-state index in [0.29, 0.717) is 23.5 Å². The van der Waals surface area contributed by atoms with E-state index in [0.717, 1.165) is 39.2 Å². The quantitative estimate of drug-likeness (QED) is 0.391. The molecule has 2 N–H and O–H groups in total.